The number of ether oxygens (including phenoxy) is 1. The highest BCUT2D eigenvalue weighted by atomic mass is 16.5. The number of hydrogen-bond acceptors (Lipinski definition) is 3. The van der Waals surface area contributed by atoms with E-state index < -0.39 is 0 Å². The predicted molar refractivity (Wildman–Crippen MR) is 92.1 cm³/mol. The van der Waals surface area contributed by atoms with Gasteiger partial charge in [0.05, 0.1) is 7.11 Å². The van der Waals surface area contributed by atoms with Crippen LogP contribution in [0.2, 0.25) is 0 Å². The second kappa shape index (κ2) is 7.17. The quantitative estimate of drug-likeness (QED) is 0.850. The van der Waals surface area contributed by atoms with Crippen molar-refractivity contribution < 1.29 is 14.3 Å². The predicted octanol–water partition coefficient (Wildman–Crippen LogP) is 2.92. The van der Waals surface area contributed by atoms with Gasteiger partial charge in [-0.3, -0.25) is 14.5 Å². The summed E-state index contributed by atoms with van der Waals surface area (Å²) in [6, 6.07) is 16.4. The zero-order valence-corrected chi connectivity index (χ0v) is 13.6. The van der Waals surface area contributed by atoms with Crippen LogP contribution in [0.25, 0.3) is 0 Å². The smallest absolute Gasteiger partial charge is 0.259 e. The van der Waals surface area contributed by atoms with Crippen LogP contribution in [-0.2, 0) is 4.79 Å². The molecule has 1 saturated heterocycles. The highest BCUT2D eigenvalue weighted by Crippen LogP contribution is 2.21. The maximum absolute atomic E-state index is 13.0. The molecule has 1 heterocycles. The second-order valence-electron chi connectivity index (χ2n) is 5.70. The Hall–Kier alpha value is -2.82. The van der Waals surface area contributed by atoms with Gasteiger partial charge in [-0.15, -0.1) is 0 Å². The molecular weight excluding hydrogens is 304 g/mol. The van der Waals surface area contributed by atoms with Gasteiger partial charge in [-0.1, -0.05) is 18.2 Å². The van der Waals surface area contributed by atoms with Crippen LogP contribution in [0, 0.1) is 0 Å². The van der Waals surface area contributed by atoms with Crippen LogP contribution >= 0.6 is 0 Å². The van der Waals surface area contributed by atoms with Gasteiger partial charge in [-0.05, 0) is 42.8 Å². The molecule has 0 unspecified atom stereocenters. The molecule has 2 amide bonds. The number of hydrogen-bond donors (Lipinski definition) is 0. The summed E-state index contributed by atoms with van der Waals surface area (Å²) in [5, 5.41) is 0. The van der Waals surface area contributed by atoms with Crippen molar-refractivity contribution >= 4 is 17.5 Å². The molecule has 0 N–H and O–H groups in total. The van der Waals surface area contributed by atoms with Gasteiger partial charge >= 0.3 is 0 Å². The van der Waals surface area contributed by atoms with Crippen molar-refractivity contribution in [2.75, 3.05) is 25.2 Å². The molecule has 1 aliphatic rings. The topological polar surface area (TPSA) is 49.9 Å². The lowest BCUT2D eigenvalue weighted by Crippen LogP contribution is -2.42. The molecule has 0 aliphatic carbocycles. The summed E-state index contributed by atoms with van der Waals surface area (Å²) in [5.74, 6) is 0.662. The normalized spacial score (nSPS) is 13.9. The van der Waals surface area contributed by atoms with Crippen molar-refractivity contribution in [1.29, 1.82) is 0 Å². The molecule has 1 fully saturated rings. The fraction of sp³-hybridized carbons (Fsp3) is 0.263. The van der Waals surface area contributed by atoms with Crippen molar-refractivity contribution in [3.63, 3.8) is 0 Å². The molecule has 5 nitrogen and oxygen atoms in total. The van der Waals surface area contributed by atoms with Crippen LogP contribution < -0.4 is 9.64 Å². The average Bonchev–Trinajstić information content (AvgIpc) is 3.04. The fourth-order valence-electron chi connectivity index (χ4n) is 2.78. The van der Waals surface area contributed by atoms with Crippen molar-refractivity contribution in [3.8, 4) is 5.75 Å². The summed E-state index contributed by atoms with van der Waals surface area (Å²) >= 11 is 0. The molecule has 124 valence electrons. The van der Waals surface area contributed by atoms with E-state index in [-0.39, 0.29) is 18.5 Å². The minimum Gasteiger partial charge on any atom is -0.497 e. The van der Waals surface area contributed by atoms with E-state index in [1.165, 1.54) is 0 Å². The van der Waals surface area contributed by atoms with Crippen LogP contribution in [0.5, 0.6) is 5.75 Å². The van der Waals surface area contributed by atoms with E-state index in [4.69, 9.17) is 4.74 Å². The number of carbonyl (C=O) groups excluding carboxylic acids is 2. The number of likely N-dealkylation sites (tertiary alicyclic amines) is 1. The molecule has 0 spiro atoms. The molecule has 3 rings (SSSR count). The highest BCUT2D eigenvalue weighted by molar-refractivity contribution is 6.06. The Morgan fingerprint density at radius 3 is 2.42 bits per heavy atom. The molecule has 0 atom stereocenters. The Bertz CT molecular complexity index is 713. The first-order chi connectivity index (χ1) is 11.7. The molecule has 0 saturated carbocycles. The number of amides is 2. The van der Waals surface area contributed by atoms with Gasteiger partial charge in [0.1, 0.15) is 12.4 Å². The lowest BCUT2D eigenvalue weighted by Gasteiger charge is -2.28. The maximum Gasteiger partial charge on any atom is 0.259 e. The minimum absolute atomic E-state index is 0.0958. The summed E-state index contributed by atoms with van der Waals surface area (Å²) < 4.78 is 5.14. The Labute approximate surface area is 141 Å². The van der Waals surface area contributed by atoms with Gasteiger partial charge in [0, 0.05) is 24.2 Å². The van der Waals surface area contributed by atoms with Crippen LogP contribution in [0.4, 0.5) is 5.69 Å². The third-order valence-corrected chi connectivity index (χ3v) is 4.13. The molecule has 0 aromatic heterocycles. The summed E-state index contributed by atoms with van der Waals surface area (Å²) in [7, 11) is 1.59. The lowest BCUT2D eigenvalue weighted by molar-refractivity contribution is -0.127. The molecule has 1 aliphatic heterocycles. The van der Waals surface area contributed by atoms with E-state index >= 15 is 0 Å². The van der Waals surface area contributed by atoms with Crippen LogP contribution in [0.15, 0.2) is 54.6 Å². The largest absolute Gasteiger partial charge is 0.497 e. The summed E-state index contributed by atoms with van der Waals surface area (Å²) in [5.41, 5.74) is 1.34. The number of carbonyl (C=O) groups is 2. The number of rotatable bonds is 5. The van der Waals surface area contributed by atoms with Gasteiger partial charge in [0.2, 0.25) is 5.91 Å². The van der Waals surface area contributed by atoms with Crippen molar-refractivity contribution in [3.05, 3.63) is 60.2 Å². The van der Waals surface area contributed by atoms with Gasteiger partial charge in [-0.2, -0.15) is 0 Å². The zero-order valence-electron chi connectivity index (χ0n) is 13.6. The van der Waals surface area contributed by atoms with Gasteiger partial charge < -0.3 is 9.64 Å². The number of methoxy groups -OCH3 is 1. The zero-order chi connectivity index (χ0) is 16.9. The number of para-hydroxylation sites is 1. The number of anilines is 1. The third-order valence-electron chi connectivity index (χ3n) is 4.13. The Morgan fingerprint density at radius 2 is 1.83 bits per heavy atom. The van der Waals surface area contributed by atoms with Crippen LogP contribution in [-0.4, -0.2) is 37.0 Å². The first-order valence-electron chi connectivity index (χ1n) is 7.98. The molecule has 5 heteroatoms. The first-order valence-corrected chi connectivity index (χ1v) is 7.98. The van der Waals surface area contributed by atoms with Crippen molar-refractivity contribution in [2.24, 2.45) is 0 Å². The van der Waals surface area contributed by atoms with Gasteiger partial charge in [0.15, 0.2) is 0 Å². The monoisotopic (exact) mass is 324 g/mol. The maximum atomic E-state index is 13.0. The lowest BCUT2D eigenvalue weighted by atomic mass is 10.1. The fourth-order valence-corrected chi connectivity index (χ4v) is 2.78. The highest BCUT2D eigenvalue weighted by Gasteiger charge is 2.26. The Morgan fingerprint density at radius 1 is 1.12 bits per heavy atom. The third kappa shape index (κ3) is 3.40. The Balaban J connectivity index is 1.88. The van der Waals surface area contributed by atoms with Gasteiger partial charge in [0.25, 0.3) is 5.91 Å². The molecule has 2 aromatic carbocycles. The van der Waals surface area contributed by atoms with E-state index in [1.54, 1.807) is 41.2 Å². The summed E-state index contributed by atoms with van der Waals surface area (Å²) in [6.07, 6.45) is 1.40. The van der Waals surface area contributed by atoms with E-state index in [0.29, 0.717) is 24.3 Å². The van der Waals surface area contributed by atoms with E-state index in [9.17, 15) is 9.59 Å². The second-order valence-corrected chi connectivity index (χ2v) is 5.70. The minimum atomic E-state index is -0.136. The molecular formula is C19H20N2O3. The first kappa shape index (κ1) is 16.1. The molecule has 2 aromatic rings. The van der Waals surface area contributed by atoms with Crippen LogP contribution in [0.1, 0.15) is 23.2 Å². The molecule has 0 bridgehead atoms. The summed E-state index contributed by atoms with van der Waals surface area (Å²) in [6.45, 7) is 0.964. The van der Waals surface area contributed by atoms with Gasteiger partial charge in [-0.25, -0.2) is 0 Å². The number of nitrogens with zero attached hydrogens (tertiary/aromatic N) is 2. The molecule has 0 radical (unpaired) electrons. The van der Waals surface area contributed by atoms with E-state index in [1.807, 2.05) is 30.3 Å². The van der Waals surface area contributed by atoms with E-state index in [2.05, 4.69) is 0 Å². The van der Waals surface area contributed by atoms with E-state index in [0.717, 1.165) is 12.1 Å². The van der Waals surface area contributed by atoms with Crippen molar-refractivity contribution in [2.45, 2.75) is 12.8 Å². The number of benzene rings is 2. The summed E-state index contributed by atoms with van der Waals surface area (Å²) in [4.78, 5) is 28.3. The standard InChI is InChI=1S/C19H20N2O3/c1-24-17-11-9-15(10-12-17)19(23)21(16-6-3-2-4-7-16)14-20-13-5-8-18(20)22/h2-4,6-7,9-12H,5,8,13-14H2,1H3. The van der Waals surface area contributed by atoms with Crippen LogP contribution in [0.3, 0.4) is 0 Å². The average molecular weight is 324 g/mol. The molecule has 24 heavy (non-hydrogen) atoms. The van der Waals surface area contributed by atoms with Crippen molar-refractivity contribution in [1.82, 2.24) is 4.90 Å². The SMILES string of the molecule is COc1ccc(C(=O)N(CN2CCCC2=O)c2ccccc2)cc1. The Kier molecular flexibility index (Phi) is 4.79.